The van der Waals surface area contributed by atoms with Gasteiger partial charge < -0.3 is 5.73 Å². The highest BCUT2D eigenvalue weighted by Crippen LogP contribution is 2.28. The van der Waals surface area contributed by atoms with Gasteiger partial charge in [0, 0.05) is 17.3 Å². The largest absolute Gasteiger partial charge is 0.375 e. The Hall–Kier alpha value is -2.54. The molecule has 0 amide bonds. The van der Waals surface area contributed by atoms with Crippen LogP contribution in [0.2, 0.25) is 0 Å². The minimum Gasteiger partial charge on any atom is -0.375 e. The minimum absolute atomic E-state index is 0.570. The van der Waals surface area contributed by atoms with E-state index in [0.29, 0.717) is 5.13 Å². The molecule has 4 rings (SSSR count). The Morgan fingerprint density at radius 3 is 3.00 bits per heavy atom. The Morgan fingerprint density at radius 2 is 2.10 bits per heavy atom. The van der Waals surface area contributed by atoms with Gasteiger partial charge in [0.25, 0.3) is 0 Å². The van der Waals surface area contributed by atoms with Gasteiger partial charge >= 0.3 is 0 Å². The Labute approximate surface area is 117 Å². The van der Waals surface area contributed by atoms with E-state index in [0.717, 1.165) is 32.9 Å². The van der Waals surface area contributed by atoms with Crippen molar-refractivity contribution in [1.29, 1.82) is 0 Å². The van der Waals surface area contributed by atoms with Gasteiger partial charge in [0.15, 0.2) is 16.6 Å². The van der Waals surface area contributed by atoms with E-state index < -0.39 is 0 Å². The summed E-state index contributed by atoms with van der Waals surface area (Å²) in [6.07, 6.45) is 1.74. The number of benzene rings is 1. The molecule has 0 bridgehead atoms. The molecule has 3 aromatic heterocycles. The van der Waals surface area contributed by atoms with Crippen LogP contribution in [0.5, 0.6) is 0 Å². The van der Waals surface area contributed by atoms with Gasteiger partial charge in [0.2, 0.25) is 0 Å². The van der Waals surface area contributed by atoms with Crippen molar-refractivity contribution in [1.82, 2.24) is 24.6 Å². The lowest BCUT2D eigenvalue weighted by Crippen LogP contribution is -1.92. The van der Waals surface area contributed by atoms with Crippen molar-refractivity contribution >= 4 is 32.3 Å². The molecule has 0 spiro atoms. The normalized spacial score (nSPS) is 11.4. The van der Waals surface area contributed by atoms with E-state index in [1.165, 1.54) is 11.3 Å². The Morgan fingerprint density at radius 1 is 1.20 bits per heavy atom. The highest BCUT2D eigenvalue weighted by molar-refractivity contribution is 7.22. The molecule has 7 heteroatoms. The summed E-state index contributed by atoms with van der Waals surface area (Å²) in [5.74, 6) is 0.765. The average molecular weight is 282 g/mol. The van der Waals surface area contributed by atoms with Crippen LogP contribution in [-0.2, 0) is 0 Å². The maximum Gasteiger partial charge on any atom is 0.181 e. The Kier molecular flexibility index (Phi) is 2.25. The zero-order chi connectivity index (χ0) is 13.7. The molecule has 6 nitrogen and oxygen atoms in total. The number of thiazole rings is 1. The van der Waals surface area contributed by atoms with E-state index in [2.05, 4.69) is 20.2 Å². The first kappa shape index (κ1) is 11.3. The molecule has 0 radical (unpaired) electrons. The predicted molar refractivity (Wildman–Crippen MR) is 78.5 cm³/mol. The quantitative estimate of drug-likeness (QED) is 0.579. The summed E-state index contributed by atoms with van der Waals surface area (Å²) in [4.78, 5) is 8.54. The first-order valence-corrected chi connectivity index (χ1v) is 6.86. The third kappa shape index (κ3) is 1.64. The summed E-state index contributed by atoms with van der Waals surface area (Å²) in [6.45, 7) is 1.93. The third-order valence-corrected chi connectivity index (χ3v) is 3.95. The third-order valence-electron chi connectivity index (χ3n) is 3.10. The molecule has 1 aromatic carbocycles. The number of aryl methyl sites for hydroxylation is 1. The maximum atomic E-state index is 5.73. The van der Waals surface area contributed by atoms with Gasteiger partial charge in [-0.25, -0.2) is 9.97 Å². The van der Waals surface area contributed by atoms with Crippen molar-refractivity contribution in [2.75, 3.05) is 5.73 Å². The summed E-state index contributed by atoms with van der Waals surface area (Å²) in [6, 6.07) is 7.84. The van der Waals surface area contributed by atoms with Crippen LogP contribution in [0.4, 0.5) is 5.13 Å². The monoisotopic (exact) mass is 282 g/mol. The summed E-state index contributed by atoms with van der Waals surface area (Å²) in [5.41, 5.74) is 9.31. The molecular weight excluding hydrogens is 272 g/mol. The lowest BCUT2D eigenvalue weighted by atomic mass is 10.2. The van der Waals surface area contributed by atoms with Crippen LogP contribution in [0.15, 0.2) is 30.6 Å². The molecule has 0 aliphatic rings. The van der Waals surface area contributed by atoms with Crippen molar-refractivity contribution in [3.05, 3.63) is 36.3 Å². The number of fused-ring (bicyclic) bond motifs is 2. The summed E-state index contributed by atoms with van der Waals surface area (Å²) in [7, 11) is 0. The average Bonchev–Trinajstić information content (AvgIpc) is 2.99. The number of anilines is 1. The molecule has 0 fully saturated rings. The van der Waals surface area contributed by atoms with E-state index in [9.17, 15) is 0 Å². The van der Waals surface area contributed by atoms with Gasteiger partial charge in [-0.05, 0) is 25.1 Å². The second kappa shape index (κ2) is 3.97. The molecule has 2 N–H and O–H groups in total. The fourth-order valence-electron chi connectivity index (χ4n) is 2.17. The fourth-order valence-corrected chi connectivity index (χ4v) is 2.94. The number of nitrogens with zero attached hydrogens (tertiary/aromatic N) is 5. The van der Waals surface area contributed by atoms with E-state index in [-0.39, 0.29) is 0 Å². The minimum atomic E-state index is 0.570. The lowest BCUT2D eigenvalue weighted by Gasteiger charge is -2.00. The molecule has 0 unspecified atom stereocenters. The van der Waals surface area contributed by atoms with Crippen LogP contribution in [0.3, 0.4) is 0 Å². The number of aromatic nitrogens is 5. The summed E-state index contributed by atoms with van der Waals surface area (Å²) in [5, 5.41) is 8.99. The van der Waals surface area contributed by atoms with E-state index in [4.69, 9.17) is 5.73 Å². The van der Waals surface area contributed by atoms with Gasteiger partial charge in [-0.3, -0.25) is 4.40 Å². The molecule has 0 aliphatic carbocycles. The summed E-state index contributed by atoms with van der Waals surface area (Å²) >= 11 is 1.47. The van der Waals surface area contributed by atoms with Crippen molar-refractivity contribution < 1.29 is 0 Å². The zero-order valence-corrected chi connectivity index (χ0v) is 11.4. The second-order valence-corrected chi connectivity index (χ2v) is 5.58. The molecule has 3 heterocycles. The topological polar surface area (TPSA) is 82.0 Å². The molecular formula is C13H10N6S. The summed E-state index contributed by atoms with van der Waals surface area (Å²) < 4.78 is 2.91. The number of nitrogen functional groups attached to an aromatic ring is 1. The highest BCUT2D eigenvalue weighted by Gasteiger charge is 2.10. The van der Waals surface area contributed by atoms with E-state index in [1.807, 2.05) is 35.6 Å². The lowest BCUT2D eigenvalue weighted by molar-refractivity contribution is 1.05. The van der Waals surface area contributed by atoms with Gasteiger partial charge in [0.1, 0.15) is 6.33 Å². The van der Waals surface area contributed by atoms with Gasteiger partial charge in [-0.15, -0.1) is 10.2 Å². The standard InChI is InChI=1S/C13H10N6S/c1-7-4-11-17-18-12(19(11)6-15-7)8-2-3-9-10(5-8)20-13(14)16-9/h2-6H,1H3,(H2,14,16). The van der Waals surface area contributed by atoms with Crippen molar-refractivity contribution in [2.24, 2.45) is 0 Å². The molecule has 4 aromatic rings. The van der Waals surface area contributed by atoms with Crippen LogP contribution in [-0.4, -0.2) is 24.6 Å². The smallest absolute Gasteiger partial charge is 0.181 e. The molecule has 20 heavy (non-hydrogen) atoms. The van der Waals surface area contributed by atoms with Crippen molar-refractivity contribution in [2.45, 2.75) is 6.92 Å². The predicted octanol–water partition coefficient (Wildman–Crippen LogP) is 2.29. The second-order valence-electron chi connectivity index (χ2n) is 4.52. The Balaban J connectivity index is 1.95. The number of nitrogens with two attached hydrogens (primary N) is 1. The van der Waals surface area contributed by atoms with Gasteiger partial charge in [-0.1, -0.05) is 11.3 Å². The molecule has 0 aliphatic heterocycles. The number of hydrogen-bond acceptors (Lipinski definition) is 6. The van der Waals surface area contributed by atoms with Crippen LogP contribution in [0.25, 0.3) is 27.3 Å². The molecule has 98 valence electrons. The number of rotatable bonds is 1. The van der Waals surface area contributed by atoms with Crippen molar-refractivity contribution in [3.63, 3.8) is 0 Å². The van der Waals surface area contributed by atoms with Gasteiger partial charge in [-0.2, -0.15) is 0 Å². The first-order valence-electron chi connectivity index (χ1n) is 6.04. The fraction of sp³-hybridized carbons (Fsp3) is 0.0769. The first-order chi connectivity index (χ1) is 9.70. The van der Waals surface area contributed by atoms with Crippen molar-refractivity contribution in [3.8, 4) is 11.4 Å². The molecule has 0 saturated carbocycles. The molecule has 0 saturated heterocycles. The van der Waals surface area contributed by atoms with Gasteiger partial charge in [0.05, 0.1) is 10.2 Å². The zero-order valence-electron chi connectivity index (χ0n) is 10.6. The van der Waals surface area contributed by atoms with Crippen LogP contribution >= 0.6 is 11.3 Å². The molecule has 0 atom stereocenters. The van der Waals surface area contributed by atoms with E-state index >= 15 is 0 Å². The van der Waals surface area contributed by atoms with Crippen LogP contribution in [0, 0.1) is 6.92 Å². The number of hydrogen-bond donors (Lipinski definition) is 1. The SMILES string of the molecule is Cc1cc2nnc(-c3ccc4nc(N)sc4c3)n2cn1. The van der Waals surface area contributed by atoms with Crippen LogP contribution < -0.4 is 5.73 Å². The Bertz CT molecular complexity index is 938. The van der Waals surface area contributed by atoms with E-state index in [1.54, 1.807) is 6.33 Å². The highest BCUT2D eigenvalue weighted by atomic mass is 32.1. The van der Waals surface area contributed by atoms with Crippen LogP contribution in [0.1, 0.15) is 5.69 Å². The maximum absolute atomic E-state index is 5.73.